The molecular weight excluding hydrogens is 685 g/mol. The lowest BCUT2D eigenvalue weighted by Crippen LogP contribution is -2.15. The first kappa shape index (κ1) is 26.2. The van der Waals surface area contributed by atoms with Crippen molar-refractivity contribution in [1.82, 2.24) is 15.0 Å². The molecule has 0 atom stereocenters. The topological polar surface area (TPSA) is 55.1 Å². The second kappa shape index (κ2) is 11.9. The summed E-state index contributed by atoms with van der Waals surface area (Å²) in [5.74, 6) is 0.458. The Morgan fingerprint density at radius 2 is 1.09 bits per heavy atom. The van der Waals surface area contributed by atoms with Gasteiger partial charge in [-0.2, -0.15) is 0 Å². The molecule has 0 spiro atoms. The van der Waals surface area contributed by atoms with E-state index in [9.17, 15) is 0 Å². The van der Waals surface area contributed by atoms with Crippen molar-refractivity contribution in [3.05, 3.63) is 182 Å². The predicted molar refractivity (Wildman–Crippen MR) is 230 cm³/mol. The van der Waals surface area contributed by atoms with Crippen LogP contribution in [-0.2, 0) is 0 Å². The van der Waals surface area contributed by atoms with Gasteiger partial charge in [0.05, 0.1) is 23.8 Å². The third-order valence-electron chi connectivity index (χ3n) is 10.9. The Kier molecular flexibility index (Phi) is 5.58. The van der Waals surface area contributed by atoms with Crippen molar-refractivity contribution in [2.45, 2.75) is 0 Å². The smallest absolute Gasteiger partial charge is 0.167 e. The minimum Gasteiger partial charge on any atom is -0.455 e. The average Bonchev–Trinajstić information content (AvgIpc) is 3.69. The molecule has 1 aliphatic rings. The Morgan fingerprint density at radius 3 is 1.95 bits per heavy atom. The highest BCUT2D eigenvalue weighted by Crippen LogP contribution is 2.53. The summed E-state index contributed by atoms with van der Waals surface area (Å²) >= 11 is 0. The molecule has 5 nitrogen and oxygen atoms in total. The number of benzene rings is 9. The molecule has 0 aliphatic carbocycles. The molecule has 0 bridgehead atoms. The van der Waals surface area contributed by atoms with Crippen molar-refractivity contribution >= 4 is 71.3 Å². The van der Waals surface area contributed by atoms with Gasteiger partial charge < -0.3 is 9.32 Å². The van der Waals surface area contributed by atoms with Crippen LogP contribution in [0.15, 0.2) is 186 Å². The summed E-state index contributed by atoms with van der Waals surface area (Å²) < 4.78 is 49.8. The molecular formula is C51H30N4O. The molecule has 0 saturated carbocycles. The van der Waals surface area contributed by atoms with Gasteiger partial charge in [0.2, 0.25) is 0 Å². The standard InChI is InChI=1S/C51H30N4O/c1-2-13-32(14-3-1)49-52-50(41-24-12-23-40-38-21-8-9-26-46(38)56-48(40)41)54-51(53-49)43-30-36(27-35-17-6-7-20-37(35)43)55-44-25-11-19-31-18-10-22-39(47(31)44)42-28-33-15-4-5-16-34(33)29-45(42)55/h1-30H/i1D,2D,3D,13D,14D. The Bertz CT molecular complexity index is 3660. The highest BCUT2D eigenvalue weighted by atomic mass is 16.3. The summed E-state index contributed by atoms with van der Waals surface area (Å²) in [6.45, 7) is 0. The molecule has 260 valence electrons. The van der Waals surface area contributed by atoms with Crippen molar-refractivity contribution < 1.29 is 11.3 Å². The van der Waals surface area contributed by atoms with Gasteiger partial charge in [0.25, 0.3) is 0 Å². The van der Waals surface area contributed by atoms with Gasteiger partial charge in [0.1, 0.15) is 11.2 Å². The van der Waals surface area contributed by atoms with Crippen LogP contribution in [0, 0.1) is 0 Å². The van der Waals surface area contributed by atoms with Crippen molar-refractivity contribution in [1.29, 1.82) is 0 Å². The van der Waals surface area contributed by atoms with E-state index in [1.54, 1.807) is 0 Å². The van der Waals surface area contributed by atoms with Gasteiger partial charge in [-0.05, 0) is 75.0 Å². The fourth-order valence-electron chi connectivity index (χ4n) is 8.39. The van der Waals surface area contributed by atoms with Crippen LogP contribution in [0.3, 0.4) is 0 Å². The fraction of sp³-hybridized carbons (Fsp3) is 0. The maximum Gasteiger partial charge on any atom is 0.167 e. The van der Waals surface area contributed by atoms with Crippen LogP contribution in [-0.4, -0.2) is 15.0 Å². The van der Waals surface area contributed by atoms with E-state index in [0.717, 1.165) is 71.3 Å². The van der Waals surface area contributed by atoms with E-state index in [0.29, 0.717) is 22.3 Å². The lowest BCUT2D eigenvalue weighted by atomic mass is 9.89. The highest BCUT2D eigenvalue weighted by molar-refractivity contribution is 6.16. The van der Waals surface area contributed by atoms with E-state index in [2.05, 4.69) is 95.9 Å². The first-order valence-electron chi connectivity index (χ1n) is 20.9. The van der Waals surface area contributed by atoms with E-state index in [1.165, 1.54) is 0 Å². The number of aromatic nitrogens is 3. The Morgan fingerprint density at radius 1 is 0.446 bits per heavy atom. The number of nitrogens with zero attached hydrogens (tertiary/aromatic N) is 4. The largest absolute Gasteiger partial charge is 0.455 e. The van der Waals surface area contributed by atoms with Crippen LogP contribution >= 0.6 is 0 Å². The highest BCUT2D eigenvalue weighted by Gasteiger charge is 2.28. The molecule has 0 radical (unpaired) electrons. The third kappa shape index (κ3) is 4.64. The normalized spacial score (nSPS) is 13.5. The van der Waals surface area contributed by atoms with Crippen LogP contribution in [0.2, 0.25) is 0 Å². The number of para-hydroxylation sites is 2. The molecule has 0 amide bonds. The van der Waals surface area contributed by atoms with Crippen LogP contribution in [0.5, 0.6) is 0 Å². The van der Waals surface area contributed by atoms with Gasteiger partial charge in [0.15, 0.2) is 17.5 Å². The lowest BCUT2D eigenvalue weighted by molar-refractivity contribution is 0.669. The Balaban J connectivity index is 1.17. The molecule has 3 heterocycles. The summed E-state index contributed by atoms with van der Waals surface area (Å²) in [5.41, 5.74) is 7.61. The summed E-state index contributed by atoms with van der Waals surface area (Å²) in [5, 5.41) is 8.15. The Hall–Kier alpha value is -7.63. The second-order valence-corrected chi connectivity index (χ2v) is 14.0. The summed E-state index contributed by atoms with van der Waals surface area (Å²) in [7, 11) is 0. The van der Waals surface area contributed by atoms with Gasteiger partial charge in [-0.3, -0.25) is 0 Å². The molecule has 0 unspecified atom stereocenters. The molecule has 0 fully saturated rings. The summed E-state index contributed by atoms with van der Waals surface area (Å²) in [4.78, 5) is 17.4. The third-order valence-corrected chi connectivity index (χ3v) is 10.9. The van der Waals surface area contributed by atoms with E-state index in [4.69, 9.17) is 26.2 Å². The first-order chi connectivity index (χ1) is 29.8. The second-order valence-electron chi connectivity index (χ2n) is 14.0. The van der Waals surface area contributed by atoms with Crippen molar-refractivity contribution in [2.24, 2.45) is 0 Å². The predicted octanol–water partition coefficient (Wildman–Crippen LogP) is 13.7. The maximum atomic E-state index is 8.97. The number of hydrogen-bond acceptors (Lipinski definition) is 5. The van der Waals surface area contributed by atoms with Crippen LogP contribution in [0.4, 0.5) is 17.1 Å². The Labute approximate surface area is 328 Å². The van der Waals surface area contributed by atoms with Gasteiger partial charge in [-0.15, -0.1) is 0 Å². The van der Waals surface area contributed by atoms with E-state index < -0.39 is 30.2 Å². The summed E-state index contributed by atoms with van der Waals surface area (Å²) in [6.07, 6.45) is 0. The summed E-state index contributed by atoms with van der Waals surface area (Å²) in [6, 6.07) is 49.4. The van der Waals surface area contributed by atoms with Crippen molar-refractivity contribution in [3.8, 4) is 45.3 Å². The van der Waals surface area contributed by atoms with Gasteiger partial charge in [-0.1, -0.05) is 139 Å². The SMILES string of the molecule is [2H]c1c([2H])c([2H])c(-c2nc(-c3cc(N4c5cc6ccccc6cc5-c5cccc6cccc4c56)cc4ccccc34)nc(-c3cccc4c3oc3ccccc34)n2)c([2H])c1[2H]. The van der Waals surface area contributed by atoms with Crippen molar-refractivity contribution in [2.75, 3.05) is 4.90 Å². The zero-order chi connectivity index (χ0) is 41.1. The van der Waals surface area contributed by atoms with E-state index in [-0.39, 0.29) is 23.0 Å². The zero-order valence-electron chi connectivity index (χ0n) is 34.6. The number of hydrogen-bond donors (Lipinski definition) is 0. The van der Waals surface area contributed by atoms with Gasteiger partial charge in [0, 0.05) is 38.5 Å². The minimum absolute atomic E-state index is 0.0481. The number of fused-ring (bicyclic) bond motifs is 7. The average molecular weight is 720 g/mol. The molecule has 5 heteroatoms. The lowest BCUT2D eigenvalue weighted by Gasteiger charge is -2.34. The maximum absolute atomic E-state index is 8.97. The molecule has 11 aromatic rings. The molecule has 56 heavy (non-hydrogen) atoms. The van der Waals surface area contributed by atoms with Crippen LogP contribution in [0.1, 0.15) is 6.85 Å². The first-order valence-corrected chi connectivity index (χ1v) is 18.4. The molecule has 9 aromatic carbocycles. The monoisotopic (exact) mass is 719 g/mol. The minimum atomic E-state index is -0.495. The molecule has 1 aliphatic heterocycles. The molecule has 0 saturated heterocycles. The van der Waals surface area contributed by atoms with E-state index >= 15 is 0 Å². The van der Waals surface area contributed by atoms with E-state index in [1.807, 2.05) is 60.7 Å². The quantitative estimate of drug-likeness (QED) is 0.181. The molecule has 2 aromatic heterocycles. The number of anilines is 3. The van der Waals surface area contributed by atoms with Gasteiger partial charge >= 0.3 is 0 Å². The van der Waals surface area contributed by atoms with Gasteiger partial charge in [-0.25, -0.2) is 15.0 Å². The van der Waals surface area contributed by atoms with Crippen molar-refractivity contribution in [3.63, 3.8) is 0 Å². The number of rotatable bonds is 4. The molecule has 12 rings (SSSR count). The van der Waals surface area contributed by atoms with Crippen LogP contribution in [0.25, 0.3) is 99.5 Å². The zero-order valence-corrected chi connectivity index (χ0v) is 29.6. The van der Waals surface area contributed by atoms with Crippen LogP contribution < -0.4 is 4.90 Å². The number of furan rings is 1. The molecule has 0 N–H and O–H groups in total. The fourth-order valence-corrected chi connectivity index (χ4v) is 8.39.